The lowest BCUT2D eigenvalue weighted by atomic mass is 10.0. The molecule has 0 aliphatic carbocycles. The predicted octanol–water partition coefficient (Wildman–Crippen LogP) is 14.5. The van der Waals surface area contributed by atoms with Gasteiger partial charge < -0.3 is 13.8 Å². The molecule has 0 rings (SSSR count). The number of sulfone groups is 2. The van der Waals surface area contributed by atoms with Gasteiger partial charge in [-0.05, 0) is 32.6 Å². The Kier molecular flexibility index (Phi) is 39.3. The largest absolute Gasteiger partial charge is 0.457 e. The zero-order valence-electron chi connectivity index (χ0n) is 37.4. The molecule has 0 aromatic rings. The molecule has 0 saturated carbocycles. The highest BCUT2D eigenvalue weighted by molar-refractivity contribution is 7.91. The van der Waals surface area contributed by atoms with E-state index in [0.717, 1.165) is 38.5 Å². The van der Waals surface area contributed by atoms with Gasteiger partial charge in [-0.1, -0.05) is 206 Å². The Morgan fingerprint density at radius 1 is 0.368 bits per heavy atom. The van der Waals surface area contributed by atoms with Crippen LogP contribution in [0.3, 0.4) is 0 Å². The van der Waals surface area contributed by atoms with E-state index in [1.807, 2.05) is 0 Å². The van der Waals surface area contributed by atoms with Crippen LogP contribution in [0.25, 0.3) is 0 Å². The number of ether oxygens (including phenoxy) is 1. The fourth-order valence-electron chi connectivity index (χ4n) is 7.22. The van der Waals surface area contributed by atoms with E-state index in [9.17, 15) is 26.2 Å². The van der Waals surface area contributed by atoms with E-state index in [1.54, 1.807) is 6.92 Å². The zero-order chi connectivity index (χ0) is 42.2. The van der Waals surface area contributed by atoms with Crippen molar-refractivity contribution in [1.82, 2.24) is 0 Å². The molecule has 0 aliphatic heterocycles. The van der Waals surface area contributed by atoms with Crippen LogP contribution in [0.2, 0.25) is 0 Å². The van der Waals surface area contributed by atoms with Gasteiger partial charge in [-0.3, -0.25) is 0 Å². The van der Waals surface area contributed by atoms with Crippen LogP contribution in [0.5, 0.6) is 0 Å². The molecule has 57 heavy (non-hydrogen) atoms. The minimum Gasteiger partial charge on any atom is -0.457 e. The first-order chi connectivity index (χ1) is 27.5. The van der Waals surface area contributed by atoms with Gasteiger partial charge in [-0.25, -0.2) is 26.2 Å². The summed E-state index contributed by atoms with van der Waals surface area (Å²) in [7, 11) is -11.0. The molecule has 0 unspecified atom stereocenters. The standard InChI is InChI=1S/C45H91O9PS2/c1-4-7-9-11-13-15-17-19-21-23-25-27-29-31-33-35-41-56(48,49)43-37-39-53-55(47,45(46)52-6-3)54-40-38-44-57(50,51)42-36-34-32-30-28-26-24-22-20-18-16-14-12-10-8-5-2/h4-44H2,1-3H3. The fraction of sp³-hybridized carbons (Fsp3) is 0.978. The normalized spacial score (nSPS) is 12.4. The SMILES string of the molecule is CCCCCCCCCCCCCCCCCCS(=O)(=O)CCCOP(=O)(OCCCS(=O)(=O)CCCCCCCCCCCCCCCCCC)C(=O)OCC. The Balaban J connectivity index is 4.04. The summed E-state index contributed by atoms with van der Waals surface area (Å²) in [4.78, 5) is 12.4. The van der Waals surface area contributed by atoms with Gasteiger partial charge in [0.25, 0.3) is 0 Å². The maximum atomic E-state index is 13.2. The van der Waals surface area contributed by atoms with Crippen molar-refractivity contribution in [2.75, 3.05) is 42.8 Å². The average molecular weight is 871 g/mol. The highest BCUT2D eigenvalue weighted by atomic mass is 32.2. The molecule has 0 heterocycles. The van der Waals surface area contributed by atoms with Gasteiger partial charge in [0, 0.05) is 0 Å². The maximum absolute atomic E-state index is 13.2. The molecule has 0 aromatic heterocycles. The molecule has 9 nitrogen and oxygen atoms in total. The van der Waals surface area contributed by atoms with Crippen LogP contribution >= 0.6 is 7.60 Å². The molecule has 0 spiro atoms. The molecule has 0 atom stereocenters. The van der Waals surface area contributed by atoms with Gasteiger partial charge in [-0.15, -0.1) is 0 Å². The van der Waals surface area contributed by atoms with Crippen molar-refractivity contribution in [3.63, 3.8) is 0 Å². The predicted molar refractivity (Wildman–Crippen MR) is 242 cm³/mol. The molecule has 0 fully saturated rings. The Morgan fingerprint density at radius 2 is 0.596 bits per heavy atom. The van der Waals surface area contributed by atoms with Gasteiger partial charge in [0.05, 0.1) is 42.8 Å². The van der Waals surface area contributed by atoms with Crippen LogP contribution in [0.1, 0.15) is 239 Å². The van der Waals surface area contributed by atoms with E-state index in [4.69, 9.17) is 13.8 Å². The van der Waals surface area contributed by atoms with E-state index in [0.29, 0.717) is 12.8 Å². The molecule has 342 valence electrons. The lowest BCUT2D eigenvalue weighted by molar-refractivity contribution is 0.149. The van der Waals surface area contributed by atoms with Crippen molar-refractivity contribution < 1.29 is 40.0 Å². The van der Waals surface area contributed by atoms with Gasteiger partial charge in [-0.2, -0.15) is 0 Å². The summed E-state index contributed by atoms with van der Waals surface area (Å²) in [6.07, 6.45) is 39.5. The molecule has 0 bridgehead atoms. The van der Waals surface area contributed by atoms with Crippen molar-refractivity contribution in [2.24, 2.45) is 0 Å². The van der Waals surface area contributed by atoms with Crippen LogP contribution < -0.4 is 0 Å². The summed E-state index contributed by atoms with van der Waals surface area (Å²) < 4.78 is 79.0. The lowest BCUT2D eigenvalue weighted by Crippen LogP contribution is -2.16. The molecular formula is C45H91O9PS2. The van der Waals surface area contributed by atoms with Crippen LogP contribution in [0, 0.1) is 0 Å². The van der Waals surface area contributed by atoms with Crippen molar-refractivity contribution in [1.29, 1.82) is 0 Å². The Morgan fingerprint density at radius 3 is 0.842 bits per heavy atom. The Labute approximate surface area is 353 Å². The highest BCUT2D eigenvalue weighted by Crippen LogP contribution is 2.50. The monoisotopic (exact) mass is 871 g/mol. The third-order valence-corrected chi connectivity index (χ3v) is 16.1. The summed E-state index contributed by atoms with van der Waals surface area (Å²) in [6.45, 7) is 5.56. The molecule has 0 saturated heterocycles. The van der Waals surface area contributed by atoms with Crippen LogP contribution in [-0.2, 0) is 38.0 Å². The van der Waals surface area contributed by atoms with E-state index >= 15 is 0 Å². The number of hydrogen-bond acceptors (Lipinski definition) is 9. The first-order valence-electron chi connectivity index (χ1n) is 24.0. The Bertz CT molecular complexity index is 1080. The number of carbonyl (C=O) groups is 1. The number of hydrogen-bond donors (Lipinski definition) is 0. The molecule has 0 radical (unpaired) electrons. The molecular weight excluding hydrogens is 780 g/mol. The molecule has 12 heteroatoms. The average Bonchev–Trinajstić information content (AvgIpc) is 3.18. The summed E-state index contributed by atoms with van der Waals surface area (Å²) in [6, 6.07) is 0. The molecule has 0 N–H and O–H groups in total. The third kappa shape index (κ3) is 38.2. The van der Waals surface area contributed by atoms with Crippen molar-refractivity contribution in [3.8, 4) is 0 Å². The highest BCUT2D eigenvalue weighted by Gasteiger charge is 2.37. The van der Waals surface area contributed by atoms with Crippen LogP contribution in [0.15, 0.2) is 0 Å². The first kappa shape index (κ1) is 56.5. The van der Waals surface area contributed by atoms with E-state index in [-0.39, 0.29) is 55.7 Å². The smallest absolute Gasteiger partial charge is 0.438 e. The van der Waals surface area contributed by atoms with Crippen molar-refractivity contribution in [2.45, 2.75) is 239 Å². The van der Waals surface area contributed by atoms with Gasteiger partial charge >= 0.3 is 13.3 Å². The molecule has 0 amide bonds. The summed E-state index contributed by atoms with van der Waals surface area (Å²) in [5.74, 6) is -0.0604. The quantitative estimate of drug-likeness (QED) is 0.0433. The maximum Gasteiger partial charge on any atom is 0.438 e. The fourth-order valence-corrected chi connectivity index (χ4v) is 11.3. The number of carbonyl (C=O) groups excluding carboxylic acids is 1. The van der Waals surface area contributed by atoms with Gasteiger partial charge in [0.15, 0.2) is 0 Å². The van der Waals surface area contributed by atoms with E-state index in [1.165, 1.54) is 154 Å². The summed E-state index contributed by atoms with van der Waals surface area (Å²) >= 11 is 0. The van der Waals surface area contributed by atoms with Crippen LogP contribution in [0.4, 0.5) is 4.79 Å². The Hall–Kier alpha value is -0.480. The van der Waals surface area contributed by atoms with E-state index < -0.39 is 33.0 Å². The summed E-state index contributed by atoms with van der Waals surface area (Å²) in [5, 5.41) is 0. The molecule has 0 aliphatic rings. The van der Waals surface area contributed by atoms with Crippen molar-refractivity contribution in [3.05, 3.63) is 0 Å². The third-order valence-electron chi connectivity index (χ3n) is 10.8. The first-order valence-corrected chi connectivity index (χ1v) is 29.2. The van der Waals surface area contributed by atoms with Crippen molar-refractivity contribution >= 4 is 33.0 Å². The topological polar surface area (TPSA) is 130 Å². The second kappa shape index (κ2) is 39.6. The minimum absolute atomic E-state index is 0.0308. The van der Waals surface area contributed by atoms with Gasteiger partial charge in [0.2, 0.25) is 0 Å². The summed E-state index contributed by atoms with van der Waals surface area (Å²) in [5.41, 5.74) is -1.14. The van der Waals surface area contributed by atoms with Crippen LogP contribution in [-0.4, -0.2) is 65.4 Å². The number of rotatable bonds is 46. The minimum atomic E-state index is -4.35. The lowest BCUT2D eigenvalue weighted by Gasteiger charge is -2.17. The van der Waals surface area contributed by atoms with E-state index in [2.05, 4.69) is 13.8 Å². The van der Waals surface area contributed by atoms with Gasteiger partial charge in [0.1, 0.15) is 19.7 Å². The number of unbranched alkanes of at least 4 members (excludes halogenated alkanes) is 30. The molecule has 0 aromatic carbocycles. The second-order valence-corrected chi connectivity index (χ2v) is 23.0. The second-order valence-electron chi connectivity index (χ2n) is 16.5. The zero-order valence-corrected chi connectivity index (χ0v) is 40.0.